The van der Waals surface area contributed by atoms with E-state index in [9.17, 15) is 62.3 Å². The Hall–Kier alpha value is -12.4. The minimum Gasteiger partial charge on any atom is -0.497 e. The van der Waals surface area contributed by atoms with Crippen molar-refractivity contribution in [2.45, 2.75) is 62.8 Å². The number of nitrogen functional groups attached to an aromatic ring is 2. The molecule has 30 nitrogen and oxygen atoms in total. The first-order valence-corrected chi connectivity index (χ1v) is 29.3. The van der Waals surface area contributed by atoms with Crippen molar-refractivity contribution < 1.29 is 120 Å². The Balaban J connectivity index is 0.000000404. The molecule has 8 rings (SSSR count). The Bertz CT molecular complexity index is 4250. The smallest absolute Gasteiger partial charge is 0.490 e. The van der Waals surface area contributed by atoms with E-state index < -0.39 is 83.7 Å². The number of halogens is 14. The highest BCUT2D eigenvalue weighted by Gasteiger charge is 2.40. The van der Waals surface area contributed by atoms with Crippen LogP contribution in [-0.2, 0) is 19.2 Å². The fraction of sp³-hybridized carbons (Fsp3) is 0.290. The van der Waals surface area contributed by atoms with Crippen molar-refractivity contribution in [3.8, 4) is 34.6 Å². The fourth-order valence-electron chi connectivity index (χ4n) is 7.78. The van der Waals surface area contributed by atoms with E-state index in [4.69, 9.17) is 80.8 Å². The third-order valence-electron chi connectivity index (χ3n) is 13.0. The SMILES string of the molecule is COc1cc(OC(C)CN(C)C)c(F)c(C(Nc2ccc(C(=N)N)cc2)c2nn(-c3ccccn3)c(=O)[nH]2)c1.COc1cc(OCC(C)N(C)C)c(F)c(C(Nc2ccc(C(=N)N)cc2)c2nn(-c3ccccn3)c(=O)[nH]2)c1.O=C(O)C(F)(F)F.O=C(O)C(F)(F)F.O=C(O)C(F)(F)F.O=C(O)C(F)(F)F. The van der Waals surface area contributed by atoms with Gasteiger partial charge in [0, 0.05) is 70.7 Å². The average Bonchev–Trinajstić information content (AvgIpc) is 1.50. The zero-order valence-corrected chi connectivity index (χ0v) is 56.2. The van der Waals surface area contributed by atoms with Crippen LogP contribution >= 0.6 is 0 Å². The van der Waals surface area contributed by atoms with E-state index in [2.05, 4.69) is 40.8 Å². The molecule has 0 aliphatic heterocycles. The highest BCUT2D eigenvalue weighted by molar-refractivity contribution is 5.95. The maximum absolute atomic E-state index is 16.1. The Morgan fingerprint density at radius 1 is 0.557 bits per heavy atom. The number of aromatic amines is 2. The van der Waals surface area contributed by atoms with Gasteiger partial charge in [-0.3, -0.25) is 20.8 Å². The highest BCUT2D eigenvalue weighted by Crippen LogP contribution is 2.37. The van der Waals surface area contributed by atoms with Crippen LogP contribution in [0, 0.1) is 22.5 Å². The number of carboxylic acid groups (broad SMARTS) is 4. The number of nitrogens with two attached hydrogens (primary N) is 2. The number of nitrogens with zero attached hydrogens (tertiary/aromatic N) is 8. The van der Waals surface area contributed by atoms with E-state index >= 15 is 8.78 Å². The van der Waals surface area contributed by atoms with Gasteiger partial charge in [-0.05, 0) is 127 Å². The summed E-state index contributed by atoms with van der Waals surface area (Å²) in [6, 6.07) is 27.8. The van der Waals surface area contributed by atoms with Crippen LogP contribution in [-0.4, -0.2) is 198 Å². The Labute approximate surface area is 588 Å². The lowest BCUT2D eigenvalue weighted by molar-refractivity contribution is -0.193. The molecule has 576 valence electrons. The number of aliphatic carboxylic acids is 4. The molecule has 14 N–H and O–H groups in total. The molecular formula is C62H66F14N16O14. The number of methoxy groups -OCH3 is 2. The van der Waals surface area contributed by atoms with Crippen LogP contribution in [0.25, 0.3) is 11.6 Å². The van der Waals surface area contributed by atoms with Gasteiger partial charge in [0.15, 0.2) is 46.4 Å². The van der Waals surface area contributed by atoms with Gasteiger partial charge in [0.05, 0.1) is 14.2 Å². The number of carbonyl (C=O) groups is 4. The van der Waals surface area contributed by atoms with E-state index in [0.717, 1.165) is 9.36 Å². The lowest BCUT2D eigenvalue weighted by atomic mass is 10.0. The zero-order valence-electron chi connectivity index (χ0n) is 56.2. The van der Waals surface area contributed by atoms with Gasteiger partial charge in [-0.25, -0.2) is 47.5 Å². The molecule has 0 amide bonds. The van der Waals surface area contributed by atoms with E-state index in [1.165, 1.54) is 38.5 Å². The summed E-state index contributed by atoms with van der Waals surface area (Å²) in [5, 5.41) is 59.1. The number of amidine groups is 2. The number of ether oxygens (including phenoxy) is 4. The number of hydrogen-bond donors (Lipinski definition) is 12. The minimum absolute atomic E-state index is 0.00304. The number of alkyl halides is 12. The number of rotatable bonds is 22. The first-order valence-electron chi connectivity index (χ1n) is 29.3. The largest absolute Gasteiger partial charge is 0.497 e. The molecular weight excluding hydrogens is 1460 g/mol. The summed E-state index contributed by atoms with van der Waals surface area (Å²) in [6.07, 6.45) is -17.6. The number of pyridine rings is 2. The molecule has 4 aromatic heterocycles. The Morgan fingerprint density at radius 2 is 0.887 bits per heavy atom. The molecule has 106 heavy (non-hydrogen) atoms. The average molecular weight is 1530 g/mol. The van der Waals surface area contributed by atoms with Gasteiger partial charge < -0.3 is 71.3 Å². The molecule has 0 aliphatic rings. The van der Waals surface area contributed by atoms with Gasteiger partial charge in [0.25, 0.3) is 0 Å². The van der Waals surface area contributed by atoms with Crippen molar-refractivity contribution >= 4 is 46.9 Å². The summed E-state index contributed by atoms with van der Waals surface area (Å²) in [4.78, 5) is 79.0. The summed E-state index contributed by atoms with van der Waals surface area (Å²) in [7, 11) is 10.6. The van der Waals surface area contributed by atoms with Crippen molar-refractivity contribution in [1.29, 1.82) is 10.8 Å². The van der Waals surface area contributed by atoms with Crippen LogP contribution in [0.4, 0.5) is 72.8 Å². The van der Waals surface area contributed by atoms with Crippen molar-refractivity contribution in [3.05, 3.63) is 188 Å². The maximum atomic E-state index is 16.1. The summed E-state index contributed by atoms with van der Waals surface area (Å²) in [5.41, 5.74) is 12.6. The van der Waals surface area contributed by atoms with Crippen molar-refractivity contribution in [2.75, 3.05) is 66.2 Å². The van der Waals surface area contributed by atoms with Crippen molar-refractivity contribution in [1.82, 2.24) is 49.3 Å². The molecule has 0 spiro atoms. The van der Waals surface area contributed by atoms with Gasteiger partial charge in [-0.2, -0.15) is 62.0 Å². The summed E-state index contributed by atoms with van der Waals surface area (Å²) < 4.78 is 184. The number of H-pyrrole nitrogens is 2. The third kappa shape index (κ3) is 27.8. The quantitative estimate of drug-likeness (QED) is 0.0172. The molecule has 0 aliphatic carbocycles. The molecule has 44 heteroatoms. The first kappa shape index (κ1) is 87.8. The number of anilines is 2. The van der Waals surface area contributed by atoms with E-state index in [1.54, 1.807) is 97.3 Å². The zero-order chi connectivity index (χ0) is 80.5. The molecule has 0 fully saturated rings. The number of likely N-dealkylation sites (N-methyl/N-ethyl adjacent to an activating group) is 2. The second-order valence-electron chi connectivity index (χ2n) is 21.6. The van der Waals surface area contributed by atoms with Gasteiger partial charge in [-0.15, -0.1) is 10.2 Å². The number of aromatic nitrogens is 8. The monoisotopic (exact) mass is 1520 g/mol. The number of nitrogens with one attached hydrogen (secondary N) is 6. The lowest BCUT2D eigenvalue weighted by Crippen LogP contribution is -2.30. The Morgan fingerprint density at radius 3 is 1.17 bits per heavy atom. The predicted octanol–water partition coefficient (Wildman–Crippen LogP) is 8.37. The lowest BCUT2D eigenvalue weighted by Gasteiger charge is -2.23. The minimum atomic E-state index is -5.08. The van der Waals surface area contributed by atoms with Gasteiger partial charge in [0.1, 0.15) is 48.0 Å². The van der Waals surface area contributed by atoms with Crippen LogP contribution in [0.5, 0.6) is 23.0 Å². The van der Waals surface area contributed by atoms with Gasteiger partial charge in [-0.1, -0.05) is 12.1 Å². The van der Waals surface area contributed by atoms with E-state index in [1.807, 2.05) is 51.8 Å². The van der Waals surface area contributed by atoms with Crippen LogP contribution in [0.15, 0.2) is 131 Å². The predicted molar refractivity (Wildman–Crippen MR) is 348 cm³/mol. The van der Waals surface area contributed by atoms with Gasteiger partial charge >= 0.3 is 60.0 Å². The van der Waals surface area contributed by atoms with Crippen LogP contribution in [0.1, 0.15) is 59.8 Å². The molecule has 0 bridgehead atoms. The molecule has 4 unspecified atom stereocenters. The van der Waals surface area contributed by atoms with Crippen LogP contribution in [0.3, 0.4) is 0 Å². The standard InChI is InChI=1S/2C27H31FN8O3.4C2HF3O2/c1-16(35(2)3)15-39-21-14-19(38-4)13-20(23(21)28)24(32-18-10-8-17(9-11-18)25(29)30)26-33-27(37)36(34-26)22-7-5-6-12-31-22;1-16(15-35(2)3)39-21-14-19(38-4)13-20(23(21)28)24(32-18-10-8-17(9-11-18)25(29)30)26-33-27(37)36(34-26)22-7-5-6-12-31-22;4*3-2(4,5)1(6)7/h2*5-14,16,24,32H,15H2,1-4H3,(H3,29,30)(H,33,34,37);4*(H,6,7). The third-order valence-corrected chi connectivity index (χ3v) is 13.0. The summed E-state index contributed by atoms with van der Waals surface area (Å²) in [6.45, 7) is 4.62. The molecule has 8 aromatic rings. The second kappa shape index (κ2) is 38.8. The molecule has 0 radical (unpaired) electrons. The maximum Gasteiger partial charge on any atom is 0.490 e. The molecule has 4 aromatic carbocycles. The molecule has 0 saturated carbocycles. The van der Waals surface area contributed by atoms with E-state index in [0.29, 0.717) is 52.2 Å². The molecule has 4 atom stereocenters. The van der Waals surface area contributed by atoms with Crippen molar-refractivity contribution in [2.24, 2.45) is 11.5 Å². The molecule has 0 saturated heterocycles. The van der Waals surface area contributed by atoms with E-state index in [-0.39, 0.29) is 64.7 Å². The second-order valence-corrected chi connectivity index (χ2v) is 21.6. The molecule has 4 heterocycles. The normalized spacial score (nSPS) is 12.3. The summed E-state index contributed by atoms with van der Waals surface area (Å²) in [5.74, 6) is -10.8. The fourth-order valence-corrected chi connectivity index (χ4v) is 7.78. The van der Waals surface area contributed by atoms with Crippen LogP contribution in [0.2, 0.25) is 0 Å². The topological polar surface area (TPSA) is 444 Å². The number of hydrogen-bond acceptors (Lipinski definition) is 20. The first-order chi connectivity index (χ1) is 49.1. The number of carboxylic acids is 4. The van der Waals surface area contributed by atoms with Crippen molar-refractivity contribution in [3.63, 3.8) is 0 Å². The Kier molecular flexibility index (Phi) is 32.1. The van der Waals surface area contributed by atoms with Crippen LogP contribution < -0.4 is 52.4 Å². The highest BCUT2D eigenvalue weighted by atomic mass is 19.4. The number of benzene rings is 4. The summed E-state index contributed by atoms with van der Waals surface area (Å²) >= 11 is 0. The van der Waals surface area contributed by atoms with Gasteiger partial charge in [0.2, 0.25) is 0 Å².